The van der Waals surface area contributed by atoms with E-state index in [1.165, 1.54) is 6.07 Å². The van der Waals surface area contributed by atoms with Crippen LogP contribution in [-0.2, 0) is 6.54 Å². The molecule has 0 bridgehead atoms. The number of halogens is 1. The Morgan fingerprint density at radius 1 is 1.21 bits per heavy atom. The van der Waals surface area contributed by atoms with Gasteiger partial charge in [-0.3, -0.25) is 0 Å². The molecule has 2 aromatic rings. The van der Waals surface area contributed by atoms with Crippen molar-refractivity contribution in [3.05, 3.63) is 41.7 Å². The van der Waals surface area contributed by atoms with Gasteiger partial charge in [0.2, 0.25) is 0 Å². The van der Waals surface area contributed by atoms with Crippen molar-refractivity contribution in [3.63, 3.8) is 0 Å². The first-order valence-corrected chi connectivity index (χ1v) is 4.32. The van der Waals surface area contributed by atoms with Crippen molar-refractivity contribution in [3.8, 4) is 5.75 Å². The van der Waals surface area contributed by atoms with Crippen LogP contribution in [0.25, 0.3) is 10.8 Å². The van der Waals surface area contributed by atoms with Gasteiger partial charge in [0.15, 0.2) is 0 Å². The first-order valence-electron chi connectivity index (χ1n) is 4.32. The van der Waals surface area contributed by atoms with Crippen LogP contribution in [0.4, 0.5) is 4.39 Å². The Bertz CT molecular complexity index is 482. The van der Waals surface area contributed by atoms with Crippen molar-refractivity contribution in [1.29, 1.82) is 0 Å². The summed E-state index contributed by atoms with van der Waals surface area (Å²) >= 11 is 0. The smallest absolute Gasteiger partial charge is 0.131 e. The van der Waals surface area contributed by atoms with Gasteiger partial charge in [-0.2, -0.15) is 0 Å². The Balaban J connectivity index is 2.83. The third-order valence-electron chi connectivity index (χ3n) is 2.22. The van der Waals surface area contributed by atoms with Crippen LogP contribution in [0.15, 0.2) is 30.3 Å². The van der Waals surface area contributed by atoms with Crippen LogP contribution >= 0.6 is 0 Å². The van der Waals surface area contributed by atoms with Crippen molar-refractivity contribution in [1.82, 2.24) is 0 Å². The minimum Gasteiger partial charge on any atom is -0.507 e. The molecule has 2 aromatic carbocycles. The molecule has 14 heavy (non-hydrogen) atoms. The molecule has 0 aliphatic rings. The Morgan fingerprint density at radius 2 is 2.00 bits per heavy atom. The molecule has 0 unspecified atom stereocenters. The normalized spacial score (nSPS) is 10.7. The Labute approximate surface area is 80.8 Å². The highest BCUT2D eigenvalue weighted by molar-refractivity contribution is 5.89. The maximum atomic E-state index is 13.3. The van der Waals surface area contributed by atoms with Gasteiger partial charge in [-0.1, -0.05) is 12.1 Å². The van der Waals surface area contributed by atoms with E-state index in [4.69, 9.17) is 5.73 Å². The van der Waals surface area contributed by atoms with Gasteiger partial charge in [-0.15, -0.1) is 0 Å². The molecule has 0 radical (unpaired) electrons. The number of benzene rings is 2. The Kier molecular flexibility index (Phi) is 2.09. The second-order valence-electron chi connectivity index (χ2n) is 3.15. The van der Waals surface area contributed by atoms with Crippen molar-refractivity contribution in [2.45, 2.75) is 6.54 Å². The fraction of sp³-hybridized carbons (Fsp3) is 0.0909. The number of phenolic OH excluding ortho intramolecular Hbond substituents is 1. The maximum Gasteiger partial charge on any atom is 0.131 e. The standard InChI is InChI=1S/C11H10FNO/c12-10-3-1-2-8-9(10)4-7(6-13)5-11(8)14/h1-5,14H,6,13H2. The van der Waals surface area contributed by atoms with E-state index in [-0.39, 0.29) is 18.1 Å². The number of fused-ring (bicyclic) bond motifs is 1. The molecule has 0 atom stereocenters. The third-order valence-corrected chi connectivity index (χ3v) is 2.22. The molecule has 0 aliphatic carbocycles. The van der Waals surface area contributed by atoms with E-state index in [9.17, 15) is 9.50 Å². The van der Waals surface area contributed by atoms with Gasteiger partial charge in [0.1, 0.15) is 11.6 Å². The molecular formula is C11H10FNO. The van der Waals surface area contributed by atoms with Crippen molar-refractivity contribution in [2.75, 3.05) is 0 Å². The summed E-state index contributed by atoms with van der Waals surface area (Å²) in [7, 11) is 0. The molecular weight excluding hydrogens is 181 g/mol. The summed E-state index contributed by atoms with van der Waals surface area (Å²) in [5.41, 5.74) is 6.15. The van der Waals surface area contributed by atoms with Gasteiger partial charge in [-0.25, -0.2) is 4.39 Å². The highest BCUT2D eigenvalue weighted by atomic mass is 19.1. The predicted octanol–water partition coefficient (Wildman–Crippen LogP) is 2.14. The lowest BCUT2D eigenvalue weighted by Crippen LogP contribution is -1.96. The maximum absolute atomic E-state index is 13.3. The van der Waals surface area contributed by atoms with Crippen LogP contribution in [-0.4, -0.2) is 5.11 Å². The number of hydrogen-bond donors (Lipinski definition) is 2. The van der Waals surface area contributed by atoms with Crippen LogP contribution < -0.4 is 5.73 Å². The average Bonchev–Trinajstić information content (AvgIpc) is 2.19. The zero-order valence-electron chi connectivity index (χ0n) is 7.50. The summed E-state index contributed by atoms with van der Waals surface area (Å²) < 4.78 is 13.3. The highest BCUT2D eigenvalue weighted by Crippen LogP contribution is 2.27. The molecule has 0 saturated carbocycles. The van der Waals surface area contributed by atoms with Crippen LogP contribution in [0.2, 0.25) is 0 Å². The molecule has 0 fully saturated rings. The van der Waals surface area contributed by atoms with Crippen molar-refractivity contribution < 1.29 is 9.50 Å². The first kappa shape index (κ1) is 8.97. The summed E-state index contributed by atoms with van der Waals surface area (Å²) in [5, 5.41) is 10.5. The number of phenols is 1. The molecule has 0 saturated heterocycles. The SMILES string of the molecule is NCc1cc(O)c2cccc(F)c2c1. The highest BCUT2D eigenvalue weighted by Gasteiger charge is 2.05. The molecule has 0 aliphatic heterocycles. The summed E-state index contributed by atoms with van der Waals surface area (Å²) in [6.07, 6.45) is 0. The quantitative estimate of drug-likeness (QED) is 0.725. The van der Waals surface area contributed by atoms with Gasteiger partial charge in [0.05, 0.1) is 0 Å². The number of aromatic hydroxyl groups is 1. The van der Waals surface area contributed by atoms with E-state index < -0.39 is 0 Å². The van der Waals surface area contributed by atoms with Gasteiger partial charge < -0.3 is 10.8 Å². The summed E-state index contributed by atoms with van der Waals surface area (Å²) in [5.74, 6) is -0.268. The van der Waals surface area contributed by atoms with Crippen LogP contribution in [0.5, 0.6) is 5.75 Å². The predicted molar refractivity (Wildman–Crippen MR) is 53.5 cm³/mol. The van der Waals surface area contributed by atoms with E-state index in [0.717, 1.165) is 5.56 Å². The summed E-state index contributed by atoms with van der Waals surface area (Å²) in [6, 6.07) is 7.82. The van der Waals surface area contributed by atoms with Crippen LogP contribution in [0, 0.1) is 5.82 Å². The Hall–Kier alpha value is -1.61. The summed E-state index contributed by atoms with van der Waals surface area (Å²) in [4.78, 5) is 0. The minimum absolute atomic E-state index is 0.0717. The third kappa shape index (κ3) is 1.32. The lowest BCUT2D eigenvalue weighted by Gasteiger charge is -2.04. The van der Waals surface area contributed by atoms with Gasteiger partial charge in [-0.05, 0) is 23.8 Å². The monoisotopic (exact) mass is 191 g/mol. The number of hydrogen-bond acceptors (Lipinski definition) is 2. The lowest BCUT2D eigenvalue weighted by atomic mass is 10.1. The van der Waals surface area contributed by atoms with Crippen LogP contribution in [0.3, 0.4) is 0 Å². The van der Waals surface area contributed by atoms with Crippen molar-refractivity contribution in [2.24, 2.45) is 5.73 Å². The molecule has 0 heterocycles. The largest absolute Gasteiger partial charge is 0.507 e. The molecule has 3 heteroatoms. The summed E-state index contributed by atoms with van der Waals surface area (Å²) in [6.45, 7) is 0.290. The fourth-order valence-corrected chi connectivity index (χ4v) is 1.51. The first-order chi connectivity index (χ1) is 6.72. The van der Waals surface area contributed by atoms with E-state index >= 15 is 0 Å². The van der Waals surface area contributed by atoms with Crippen LogP contribution in [0.1, 0.15) is 5.56 Å². The zero-order valence-corrected chi connectivity index (χ0v) is 7.50. The van der Waals surface area contributed by atoms with Gasteiger partial charge in [0.25, 0.3) is 0 Å². The molecule has 3 N–H and O–H groups in total. The molecule has 2 nitrogen and oxygen atoms in total. The second kappa shape index (κ2) is 3.27. The zero-order chi connectivity index (χ0) is 10.1. The molecule has 0 spiro atoms. The fourth-order valence-electron chi connectivity index (χ4n) is 1.51. The minimum atomic E-state index is -0.340. The lowest BCUT2D eigenvalue weighted by molar-refractivity contribution is 0.480. The average molecular weight is 191 g/mol. The molecule has 0 amide bonds. The van der Waals surface area contributed by atoms with E-state index in [2.05, 4.69) is 0 Å². The molecule has 72 valence electrons. The molecule has 2 rings (SSSR count). The van der Waals surface area contributed by atoms with Crippen molar-refractivity contribution >= 4 is 10.8 Å². The van der Waals surface area contributed by atoms with Gasteiger partial charge in [0, 0.05) is 17.3 Å². The van der Waals surface area contributed by atoms with E-state index in [1.54, 1.807) is 24.3 Å². The molecule has 0 aromatic heterocycles. The Morgan fingerprint density at radius 3 is 2.71 bits per heavy atom. The topological polar surface area (TPSA) is 46.2 Å². The second-order valence-corrected chi connectivity index (χ2v) is 3.15. The number of nitrogens with two attached hydrogens (primary N) is 1. The number of rotatable bonds is 1. The van der Waals surface area contributed by atoms with E-state index in [1.807, 2.05) is 0 Å². The van der Waals surface area contributed by atoms with Gasteiger partial charge >= 0.3 is 0 Å². The van der Waals surface area contributed by atoms with E-state index in [0.29, 0.717) is 10.8 Å².